The molecule has 0 spiro atoms. The fourth-order valence-electron chi connectivity index (χ4n) is 3.97. The average molecular weight is 509 g/mol. The fraction of sp³-hybridized carbons (Fsp3) is 0.222. The molecule has 0 bridgehead atoms. The molecular weight excluding hydrogens is 480 g/mol. The highest BCUT2D eigenvalue weighted by Gasteiger charge is 2.26. The molecule has 0 radical (unpaired) electrons. The van der Waals surface area contributed by atoms with Crippen LogP contribution in [0.4, 0.5) is 0 Å². The fourth-order valence-corrected chi connectivity index (χ4v) is 5.38. The van der Waals surface area contributed by atoms with Gasteiger partial charge < -0.3 is 19.2 Å². The van der Waals surface area contributed by atoms with Gasteiger partial charge in [-0.15, -0.1) is 0 Å². The number of H-pyrrole nitrogens is 1. The maximum absolute atomic E-state index is 13.7. The number of aromatic nitrogens is 1. The largest absolute Gasteiger partial charge is 0.497 e. The van der Waals surface area contributed by atoms with Crippen LogP contribution in [-0.2, 0) is 23.0 Å². The maximum Gasteiger partial charge on any atom is 0.252 e. The van der Waals surface area contributed by atoms with E-state index < -0.39 is 10.0 Å². The number of ether oxygens (including phenoxy) is 3. The molecule has 9 heteroatoms. The Morgan fingerprint density at radius 1 is 0.833 bits per heavy atom. The summed E-state index contributed by atoms with van der Waals surface area (Å²) in [5.41, 5.74) is 1.51. The molecular formula is C27H28N2O6S. The summed E-state index contributed by atoms with van der Waals surface area (Å²) in [4.78, 5) is 15.9. The lowest BCUT2D eigenvalue weighted by Crippen LogP contribution is -2.34. The third-order valence-corrected chi connectivity index (χ3v) is 7.82. The summed E-state index contributed by atoms with van der Waals surface area (Å²) in [6.45, 7) is 0.0998. The lowest BCUT2D eigenvalue weighted by atomic mass is 10.1. The summed E-state index contributed by atoms with van der Waals surface area (Å²) in [6.07, 6.45) is 0.493. The third kappa shape index (κ3) is 5.37. The van der Waals surface area contributed by atoms with E-state index in [4.69, 9.17) is 14.2 Å². The van der Waals surface area contributed by atoms with Gasteiger partial charge in [-0.25, -0.2) is 8.42 Å². The number of hydrogen-bond acceptors (Lipinski definition) is 6. The predicted octanol–water partition coefficient (Wildman–Crippen LogP) is 3.99. The second kappa shape index (κ2) is 10.8. The molecule has 0 saturated heterocycles. The van der Waals surface area contributed by atoms with Crippen molar-refractivity contribution in [2.24, 2.45) is 0 Å². The number of rotatable bonds is 10. The van der Waals surface area contributed by atoms with E-state index >= 15 is 0 Å². The van der Waals surface area contributed by atoms with Gasteiger partial charge in [-0.1, -0.05) is 30.3 Å². The van der Waals surface area contributed by atoms with Gasteiger partial charge in [0, 0.05) is 30.1 Å². The highest BCUT2D eigenvalue weighted by Crippen LogP contribution is 2.31. The van der Waals surface area contributed by atoms with E-state index in [1.807, 2.05) is 30.3 Å². The van der Waals surface area contributed by atoms with Gasteiger partial charge in [0.05, 0.1) is 31.7 Å². The molecule has 0 atom stereocenters. The van der Waals surface area contributed by atoms with Gasteiger partial charge in [0.1, 0.15) is 5.75 Å². The van der Waals surface area contributed by atoms with Crippen molar-refractivity contribution in [1.82, 2.24) is 9.29 Å². The maximum atomic E-state index is 13.7. The number of aromatic amines is 1. The van der Waals surface area contributed by atoms with E-state index in [0.717, 1.165) is 5.56 Å². The first-order valence-electron chi connectivity index (χ1n) is 11.3. The van der Waals surface area contributed by atoms with Crippen LogP contribution < -0.4 is 19.8 Å². The molecule has 4 aromatic rings. The standard InChI is InChI=1S/C27H28N2O6S/c1-33-22-9-11-23(12-10-22)36(31,32)29(14-13-19-7-5-4-6-8-19)18-21-15-20-16-25(34-2)26(35-3)17-24(20)28-27(21)30/h4-12,15-17H,13-14,18H2,1-3H3,(H,28,30). The van der Waals surface area contributed by atoms with Gasteiger partial charge in [0.25, 0.3) is 5.56 Å². The van der Waals surface area contributed by atoms with Crippen molar-refractivity contribution in [3.05, 3.63) is 94.3 Å². The van der Waals surface area contributed by atoms with Crippen molar-refractivity contribution in [2.45, 2.75) is 17.9 Å². The predicted molar refractivity (Wildman–Crippen MR) is 138 cm³/mol. The van der Waals surface area contributed by atoms with Crippen molar-refractivity contribution >= 4 is 20.9 Å². The van der Waals surface area contributed by atoms with Crippen LogP contribution in [0.3, 0.4) is 0 Å². The van der Waals surface area contributed by atoms with Gasteiger partial charge in [-0.05, 0) is 48.4 Å². The van der Waals surface area contributed by atoms with Gasteiger partial charge in [0.2, 0.25) is 10.0 Å². The van der Waals surface area contributed by atoms with E-state index in [1.165, 1.54) is 37.8 Å². The van der Waals surface area contributed by atoms with Gasteiger partial charge in [-0.2, -0.15) is 4.31 Å². The molecule has 0 unspecified atom stereocenters. The molecule has 0 aliphatic carbocycles. The first-order chi connectivity index (χ1) is 17.3. The van der Waals surface area contributed by atoms with Crippen LogP contribution in [0.1, 0.15) is 11.1 Å². The molecule has 3 aromatic carbocycles. The van der Waals surface area contributed by atoms with Gasteiger partial charge >= 0.3 is 0 Å². The Morgan fingerprint density at radius 3 is 2.14 bits per heavy atom. The number of nitrogens with zero attached hydrogens (tertiary/aromatic N) is 1. The number of pyridine rings is 1. The summed E-state index contributed by atoms with van der Waals surface area (Å²) >= 11 is 0. The molecule has 0 amide bonds. The smallest absolute Gasteiger partial charge is 0.252 e. The Kier molecular flexibility index (Phi) is 7.61. The van der Waals surface area contributed by atoms with E-state index in [-0.39, 0.29) is 23.5 Å². The zero-order valence-electron chi connectivity index (χ0n) is 20.4. The number of nitrogens with one attached hydrogen (secondary N) is 1. The Hall–Kier alpha value is -3.82. The SMILES string of the molecule is COc1ccc(S(=O)(=O)N(CCc2ccccc2)Cc2cc3cc(OC)c(OC)cc3[nH]c2=O)cc1. The van der Waals surface area contributed by atoms with E-state index in [0.29, 0.717) is 40.1 Å². The molecule has 1 heterocycles. The van der Waals surface area contributed by atoms with E-state index in [2.05, 4.69) is 4.98 Å². The summed E-state index contributed by atoms with van der Waals surface area (Å²) < 4.78 is 44.5. The quantitative estimate of drug-likeness (QED) is 0.348. The monoisotopic (exact) mass is 508 g/mol. The Balaban J connectivity index is 1.73. The minimum atomic E-state index is -3.91. The van der Waals surface area contributed by atoms with Crippen molar-refractivity contribution in [2.75, 3.05) is 27.9 Å². The zero-order valence-corrected chi connectivity index (χ0v) is 21.2. The van der Waals surface area contributed by atoms with Crippen LogP contribution in [0.15, 0.2) is 82.5 Å². The number of hydrogen-bond donors (Lipinski definition) is 1. The van der Waals surface area contributed by atoms with E-state index in [9.17, 15) is 13.2 Å². The molecule has 1 N–H and O–H groups in total. The number of benzene rings is 3. The minimum Gasteiger partial charge on any atom is -0.497 e. The summed E-state index contributed by atoms with van der Waals surface area (Å²) in [5.74, 6) is 1.55. The van der Waals surface area contributed by atoms with E-state index in [1.54, 1.807) is 30.3 Å². The first kappa shape index (κ1) is 25.3. The minimum absolute atomic E-state index is 0.0964. The first-order valence-corrected chi connectivity index (χ1v) is 12.8. The normalized spacial score (nSPS) is 11.6. The van der Waals surface area contributed by atoms with Crippen molar-refractivity contribution in [3.63, 3.8) is 0 Å². The van der Waals surface area contributed by atoms with Crippen LogP contribution in [0.2, 0.25) is 0 Å². The molecule has 188 valence electrons. The Labute approximate surface area is 210 Å². The summed E-state index contributed by atoms with van der Waals surface area (Å²) in [7, 11) is 0.662. The molecule has 0 fully saturated rings. The van der Waals surface area contributed by atoms with Crippen LogP contribution in [0.5, 0.6) is 17.2 Å². The second-order valence-corrected chi connectivity index (χ2v) is 10.1. The molecule has 4 rings (SSSR count). The van der Waals surface area contributed by atoms with Gasteiger partial charge in [0.15, 0.2) is 11.5 Å². The molecule has 8 nitrogen and oxygen atoms in total. The molecule has 0 aliphatic rings. The topological polar surface area (TPSA) is 97.9 Å². The van der Waals surface area contributed by atoms with Crippen molar-refractivity contribution in [1.29, 1.82) is 0 Å². The van der Waals surface area contributed by atoms with Crippen LogP contribution in [0.25, 0.3) is 10.9 Å². The molecule has 0 saturated carbocycles. The zero-order chi connectivity index (χ0) is 25.7. The number of methoxy groups -OCH3 is 3. The lowest BCUT2D eigenvalue weighted by Gasteiger charge is -2.22. The van der Waals surface area contributed by atoms with Crippen molar-refractivity contribution in [3.8, 4) is 17.2 Å². The summed E-state index contributed by atoms with van der Waals surface area (Å²) in [6, 6.07) is 21.0. The molecule has 0 aliphatic heterocycles. The third-order valence-electron chi connectivity index (χ3n) is 5.96. The highest BCUT2D eigenvalue weighted by molar-refractivity contribution is 7.89. The highest BCUT2D eigenvalue weighted by atomic mass is 32.2. The number of fused-ring (bicyclic) bond motifs is 1. The van der Waals surface area contributed by atoms with Crippen LogP contribution in [0, 0.1) is 0 Å². The van der Waals surface area contributed by atoms with Crippen LogP contribution >= 0.6 is 0 Å². The van der Waals surface area contributed by atoms with Crippen molar-refractivity contribution < 1.29 is 22.6 Å². The Bertz CT molecular complexity index is 1500. The lowest BCUT2D eigenvalue weighted by molar-refractivity contribution is 0.355. The average Bonchev–Trinajstić information content (AvgIpc) is 2.90. The second-order valence-electron chi connectivity index (χ2n) is 8.17. The molecule has 1 aromatic heterocycles. The van der Waals surface area contributed by atoms with Gasteiger partial charge in [-0.3, -0.25) is 4.79 Å². The molecule has 36 heavy (non-hydrogen) atoms. The Morgan fingerprint density at radius 2 is 1.50 bits per heavy atom. The number of sulfonamides is 1. The summed E-state index contributed by atoms with van der Waals surface area (Å²) in [5, 5.41) is 0.701. The van der Waals surface area contributed by atoms with Crippen LogP contribution in [-0.4, -0.2) is 45.6 Å².